The Balaban J connectivity index is 0.000000166. The summed E-state index contributed by atoms with van der Waals surface area (Å²) in [6, 6.07) is 130. The molecular weight excluding hydrogens is 2170 g/mol. The maximum absolute atomic E-state index is 15.4. The molecule has 18 rings (SSSR count). The second kappa shape index (κ2) is 45.9. The summed E-state index contributed by atoms with van der Waals surface area (Å²) >= 11 is 0. The van der Waals surface area contributed by atoms with Crippen LogP contribution in [0.25, 0.3) is 0 Å². The van der Waals surface area contributed by atoms with E-state index in [1.165, 1.54) is 64.7 Å². The largest absolute Gasteiger partial charge is 3.00 e. The van der Waals surface area contributed by atoms with Gasteiger partial charge >= 0.3 is 36.9 Å². The van der Waals surface area contributed by atoms with Crippen LogP contribution in [0.15, 0.2) is 383 Å². The molecule has 6 nitrogen and oxygen atoms in total. The van der Waals surface area contributed by atoms with Crippen molar-refractivity contribution in [3.63, 3.8) is 0 Å². The van der Waals surface area contributed by atoms with E-state index in [2.05, 4.69) is 419 Å². The summed E-state index contributed by atoms with van der Waals surface area (Å²) in [6.07, 6.45) is -7.22. The van der Waals surface area contributed by atoms with Crippen LogP contribution in [-0.4, -0.2) is 6.15 Å². The molecule has 0 unspecified atom stereocenters. The Morgan fingerprint density at radius 2 is 0.291 bits per heavy atom. The standard InChI is InChI=1S/2C46H44N3P2.C24BF20.Lu/c2*1-35(2)37-25-29-39(30-26-37)48-50(41-17-9-5-10-18-41,42-19-11-6-12-20-42)45-33-34-46(47-45)51(43-21-13-7-14-22-43,44-23-15-8-16-24-44)49-40-31-27-38(28-32-40)36(3)4;26-5-1(6(27)14(35)21(42)13(5)34)25(2-7(28)15(36)22(43)16(37)8(2)29,3-9(30)17(38)23(44)18(39)10(3)31)4-11(32)19(40)24(45)20(41)12(4)33;/h2*5-36H,1-4H3;;/q3*-1;+3. The van der Waals surface area contributed by atoms with Crippen LogP contribution in [0.2, 0.25) is 0 Å². The normalized spacial score (nSPS) is 11.8. The Morgan fingerprint density at radius 1 is 0.169 bits per heavy atom. The maximum atomic E-state index is 15.4. The summed E-state index contributed by atoms with van der Waals surface area (Å²) < 4.78 is 317. The molecule has 0 amide bonds. The first kappa shape index (κ1) is 109. The third-order valence-corrected chi connectivity index (χ3v) is 39.7. The van der Waals surface area contributed by atoms with Gasteiger partial charge in [0.15, 0.2) is 69.8 Å². The molecule has 0 fully saturated rings. The summed E-state index contributed by atoms with van der Waals surface area (Å²) in [6.45, 7) is 17.8. The monoisotopic (exact) mass is 2250 g/mol. The number of hydrogen-bond acceptors (Lipinski definition) is 4. The summed E-state index contributed by atoms with van der Waals surface area (Å²) in [7, 11) is -10.6. The molecule has 0 aliphatic rings. The zero-order valence-electron chi connectivity index (χ0n) is 79.8. The number of nitrogens with zero attached hydrogens (tertiary/aromatic N) is 6. The Hall–Kier alpha value is -13.1. The molecule has 148 heavy (non-hydrogen) atoms. The average Bonchev–Trinajstić information content (AvgIpc) is 0.777. The maximum Gasteiger partial charge on any atom is 3.00 e. The predicted octanol–water partition coefficient (Wildman–Crippen LogP) is 26.9. The SMILES string of the molecule is CC(C)c1ccc(N=P(c2ccccc2)(c2ccccc2)c2ccc(P(=Nc3ccc(C(C)C)cc3)(c3ccccc3)c3ccccc3)[n-]2)cc1.CC(C)c1ccc(N=P(c2ccccc2)(c2ccccc2)c2ccc(P(=Nc3ccc(C(C)C)cc3)(c3ccccc3)c3ccccc3)[n-]2)cc1.Fc1c(F)c(F)c([B-](c2c(F)c(F)c(F)c(F)c2F)(c2c(F)c(F)c(F)c(F)c2F)c2c(F)c(F)c(F)c(F)c2F)c(F)c1F.[Lu+3]. The van der Waals surface area contributed by atoms with Crippen LogP contribution in [0.3, 0.4) is 0 Å². The van der Waals surface area contributed by atoms with Crippen LogP contribution in [0.1, 0.15) is 101 Å². The molecule has 2 aromatic heterocycles. The molecule has 0 saturated heterocycles. The number of benzene rings is 16. The van der Waals surface area contributed by atoms with E-state index in [1.807, 2.05) is 0 Å². The minimum absolute atomic E-state index is 0. The van der Waals surface area contributed by atoms with Gasteiger partial charge in [-0.25, -0.2) is 87.8 Å². The van der Waals surface area contributed by atoms with E-state index in [0.717, 1.165) is 44.5 Å². The third kappa shape index (κ3) is 20.4. The molecule has 0 spiro atoms. The van der Waals surface area contributed by atoms with Crippen LogP contribution >= 0.6 is 28.2 Å². The molecule has 0 bridgehead atoms. The second-order valence-corrected chi connectivity index (χ2v) is 47.6. The zero-order chi connectivity index (χ0) is 105. The molecule has 16 aromatic carbocycles. The molecule has 0 radical (unpaired) electrons. The van der Waals surface area contributed by atoms with Gasteiger partial charge in [0, 0.05) is 28.2 Å². The van der Waals surface area contributed by atoms with Crippen molar-refractivity contribution in [1.29, 1.82) is 0 Å². The van der Waals surface area contributed by atoms with Gasteiger partial charge in [-0.05, 0) is 137 Å². The van der Waals surface area contributed by atoms with Crippen molar-refractivity contribution in [3.05, 3.63) is 503 Å². The summed E-state index contributed by atoms with van der Waals surface area (Å²) in [5, 5.41) is 9.32. The van der Waals surface area contributed by atoms with E-state index < -0.39 is 173 Å². The summed E-state index contributed by atoms with van der Waals surface area (Å²) in [5.74, 6) is -69.6. The first-order valence-corrected chi connectivity index (χ1v) is 53.3. The minimum Gasteiger partial charge on any atom is -0.654 e. The van der Waals surface area contributed by atoms with Crippen LogP contribution in [0.5, 0.6) is 0 Å². The van der Waals surface area contributed by atoms with Crippen LogP contribution in [0, 0.1) is 153 Å². The second-order valence-electron chi connectivity index (χ2n) is 35.7. The van der Waals surface area contributed by atoms with Crippen molar-refractivity contribution in [1.82, 2.24) is 9.97 Å². The topological polar surface area (TPSA) is 77.6 Å². The number of halogens is 20. The Labute approximate surface area is 871 Å². The van der Waals surface area contributed by atoms with Crippen molar-refractivity contribution in [3.8, 4) is 0 Å². The zero-order valence-corrected chi connectivity index (χ0v) is 85.1. The number of hydrogen-bond donors (Lipinski definition) is 0. The number of rotatable bonds is 24. The van der Waals surface area contributed by atoms with E-state index in [4.69, 9.17) is 28.9 Å². The van der Waals surface area contributed by atoms with Crippen LogP contribution < -0.4 is 96.0 Å². The molecule has 0 N–H and O–H groups in total. The molecule has 2 heterocycles. The molecule has 0 saturated carbocycles. The fraction of sp³-hybridized carbons (Fsp3) is 0.103. The van der Waals surface area contributed by atoms with E-state index in [9.17, 15) is 52.7 Å². The van der Waals surface area contributed by atoms with Crippen LogP contribution in [0.4, 0.5) is 111 Å². The minimum atomic E-state index is -7.22. The molecular formula is C116H88BF20LuN6P4. The Bertz CT molecular complexity index is 6870. The van der Waals surface area contributed by atoms with Crippen molar-refractivity contribution in [2.75, 3.05) is 0 Å². The van der Waals surface area contributed by atoms with Gasteiger partial charge in [-0.15, -0.1) is 43.6 Å². The first-order chi connectivity index (χ1) is 70.5. The van der Waals surface area contributed by atoms with E-state index >= 15 is 35.1 Å². The molecule has 760 valence electrons. The van der Waals surface area contributed by atoms with E-state index in [0.29, 0.717) is 23.7 Å². The smallest absolute Gasteiger partial charge is 0.654 e. The Morgan fingerprint density at radius 3 is 0.412 bits per heavy atom. The molecule has 0 aliphatic heterocycles. The number of aromatic nitrogens is 2. The van der Waals surface area contributed by atoms with Crippen molar-refractivity contribution < 1.29 is 125 Å². The quantitative estimate of drug-likeness (QED) is 0.0199. The van der Waals surface area contributed by atoms with Gasteiger partial charge in [0.05, 0.1) is 22.7 Å². The summed E-state index contributed by atoms with van der Waals surface area (Å²) in [4.78, 5) is 11.5. The summed E-state index contributed by atoms with van der Waals surface area (Å²) in [5.41, 5.74) is -1.42. The predicted molar refractivity (Wildman–Crippen MR) is 554 cm³/mol. The first-order valence-electron chi connectivity index (χ1n) is 46.4. The van der Waals surface area contributed by atoms with Crippen molar-refractivity contribution in [2.45, 2.75) is 79.1 Å². The van der Waals surface area contributed by atoms with Gasteiger partial charge in [-0.2, -0.15) is 0 Å². The van der Waals surface area contributed by atoms with Gasteiger partial charge in [-0.3, -0.25) is 19.0 Å². The Kier molecular flexibility index (Phi) is 33.9. The van der Waals surface area contributed by atoms with Crippen molar-refractivity contribution >= 4 is 143 Å². The van der Waals surface area contributed by atoms with Crippen molar-refractivity contribution in [2.24, 2.45) is 19.0 Å². The van der Waals surface area contributed by atoms with Gasteiger partial charge in [0.2, 0.25) is 0 Å². The molecule has 32 heteroatoms. The molecule has 0 atom stereocenters. The molecule has 0 aliphatic carbocycles. The van der Waals surface area contributed by atoms with Gasteiger partial charge in [0.1, 0.15) is 52.7 Å². The third-order valence-electron chi connectivity index (χ3n) is 25.6. The van der Waals surface area contributed by atoms with E-state index in [-0.39, 0.29) is 36.9 Å². The van der Waals surface area contributed by atoms with Crippen LogP contribution in [-0.2, 0) is 0 Å². The fourth-order valence-electron chi connectivity index (χ4n) is 18.1. The van der Waals surface area contributed by atoms with Gasteiger partial charge in [0.25, 0.3) is 0 Å². The average molecular weight is 2260 g/mol. The molecule has 18 aromatic rings. The van der Waals surface area contributed by atoms with E-state index in [1.54, 1.807) is 0 Å². The van der Waals surface area contributed by atoms with Gasteiger partial charge < -0.3 is 9.97 Å². The fourth-order valence-corrected chi connectivity index (χ4v) is 31.9. The van der Waals surface area contributed by atoms with Gasteiger partial charge in [-0.1, -0.05) is 371 Å².